The maximum atomic E-state index is 12.2. The van der Waals surface area contributed by atoms with Gasteiger partial charge in [-0.2, -0.15) is 0 Å². The summed E-state index contributed by atoms with van der Waals surface area (Å²) >= 11 is 0. The highest BCUT2D eigenvalue weighted by Gasteiger charge is 2.16. The highest BCUT2D eigenvalue weighted by Crippen LogP contribution is 2.05. The Hall–Kier alpha value is -1.66. The van der Waals surface area contributed by atoms with Gasteiger partial charge < -0.3 is 15.4 Å². The lowest BCUT2D eigenvalue weighted by atomic mass is 10.2. The Bertz CT molecular complexity index is 461. The van der Waals surface area contributed by atoms with Gasteiger partial charge in [0.05, 0.1) is 13.2 Å². The van der Waals surface area contributed by atoms with Gasteiger partial charge in [0.2, 0.25) is 0 Å². The van der Waals surface area contributed by atoms with Crippen molar-refractivity contribution in [1.29, 1.82) is 0 Å². The van der Waals surface area contributed by atoms with Gasteiger partial charge >= 0.3 is 0 Å². The van der Waals surface area contributed by atoms with E-state index in [4.69, 9.17) is 4.74 Å². The summed E-state index contributed by atoms with van der Waals surface area (Å²) in [5.41, 5.74) is 0.447. The molecule has 1 saturated heterocycles. The third-order valence-corrected chi connectivity index (χ3v) is 3.35. The zero-order chi connectivity index (χ0) is 15.1. The van der Waals surface area contributed by atoms with E-state index in [-0.39, 0.29) is 11.9 Å². The SMILES string of the molecule is CCNc1cccc(C(=O)NC(C)CN2CCOCC2)n1. The molecule has 1 unspecified atom stereocenters. The quantitative estimate of drug-likeness (QED) is 0.817. The maximum Gasteiger partial charge on any atom is 0.270 e. The second-order valence-electron chi connectivity index (χ2n) is 5.23. The predicted octanol–water partition coefficient (Wildman–Crippen LogP) is 0.964. The molecule has 1 amide bonds. The summed E-state index contributed by atoms with van der Waals surface area (Å²) in [6.07, 6.45) is 0. The first kappa shape index (κ1) is 15.7. The summed E-state index contributed by atoms with van der Waals surface area (Å²) < 4.78 is 5.32. The standard InChI is InChI=1S/C15H24N4O2/c1-3-16-14-6-4-5-13(18-14)15(20)17-12(2)11-19-7-9-21-10-8-19/h4-6,12H,3,7-11H2,1-2H3,(H,16,18)(H,17,20). The van der Waals surface area contributed by atoms with Gasteiger partial charge in [-0.05, 0) is 26.0 Å². The molecule has 6 heteroatoms. The van der Waals surface area contributed by atoms with E-state index in [0.29, 0.717) is 5.69 Å². The topological polar surface area (TPSA) is 66.5 Å². The summed E-state index contributed by atoms with van der Waals surface area (Å²) in [7, 11) is 0. The Balaban J connectivity index is 1.86. The minimum absolute atomic E-state index is 0.0835. The number of nitrogens with one attached hydrogen (secondary N) is 2. The van der Waals surface area contributed by atoms with Crippen LogP contribution in [0.25, 0.3) is 0 Å². The van der Waals surface area contributed by atoms with E-state index in [1.165, 1.54) is 0 Å². The van der Waals surface area contributed by atoms with Gasteiger partial charge in [-0.15, -0.1) is 0 Å². The van der Waals surface area contributed by atoms with Gasteiger partial charge in [-0.1, -0.05) is 6.07 Å². The van der Waals surface area contributed by atoms with Crippen LogP contribution < -0.4 is 10.6 Å². The summed E-state index contributed by atoms with van der Waals surface area (Å²) in [6, 6.07) is 5.52. The average Bonchev–Trinajstić information content (AvgIpc) is 2.48. The molecular formula is C15H24N4O2. The molecule has 1 aromatic heterocycles. The minimum Gasteiger partial charge on any atom is -0.379 e. The van der Waals surface area contributed by atoms with E-state index in [9.17, 15) is 4.79 Å². The van der Waals surface area contributed by atoms with E-state index in [1.54, 1.807) is 6.07 Å². The minimum atomic E-state index is -0.129. The molecule has 0 bridgehead atoms. The molecule has 21 heavy (non-hydrogen) atoms. The number of hydrogen-bond acceptors (Lipinski definition) is 5. The molecule has 0 saturated carbocycles. The van der Waals surface area contributed by atoms with Crippen LogP contribution in [0.2, 0.25) is 0 Å². The molecule has 1 fully saturated rings. The van der Waals surface area contributed by atoms with E-state index in [2.05, 4.69) is 20.5 Å². The number of carbonyl (C=O) groups excluding carboxylic acids is 1. The molecule has 6 nitrogen and oxygen atoms in total. The number of anilines is 1. The molecule has 0 spiro atoms. The zero-order valence-corrected chi connectivity index (χ0v) is 12.8. The smallest absolute Gasteiger partial charge is 0.270 e. The Morgan fingerprint density at radius 2 is 2.19 bits per heavy atom. The Morgan fingerprint density at radius 1 is 1.43 bits per heavy atom. The fourth-order valence-electron chi connectivity index (χ4n) is 2.36. The molecule has 116 valence electrons. The fraction of sp³-hybridized carbons (Fsp3) is 0.600. The average molecular weight is 292 g/mol. The first-order valence-corrected chi connectivity index (χ1v) is 7.51. The molecule has 0 aromatic carbocycles. The van der Waals surface area contributed by atoms with Gasteiger partial charge in [-0.25, -0.2) is 4.98 Å². The Labute approximate surface area is 125 Å². The molecule has 1 aliphatic rings. The first-order valence-electron chi connectivity index (χ1n) is 7.51. The van der Waals surface area contributed by atoms with E-state index < -0.39 is 0 Å². The van der Waals surface area contributed by atoms with Crippen molar-refractivity contribution in [2.45, 2.75) is 19.9 Å². The number of rotatable bonds is 6. The van der Waals surface area contributed by atoms with Crippen molar-refractivity contribution in [2.24, 2.45) is 0 Å². The third-order valence-electron chi connectivity index (χ3n) is 3.35. The van der Waals surface area contributed by atoms with Gasteiger partial charge in [0.25, 0.3) is 5.91 Å². The van der Waals surface area contributed by atoms with Gasteiger partial charge in [0, 0.05) is 32.2 Å². The Kier molecular flexibility index (Phi) is 5.95. The van der Waals surface area contributed by atoms with Crippen molar-refractivity contribution in [3.8, 4) is 0 Å². The van der Waals surface area contributed by atoms with E-state index in [1.807, 2.05) is 26.0 Å². The van der Waals surface area contributed by atoms with Crippen LogP contribution in [0.5, 0.6) is 0 Å². The normalized spacial score (nSPS) is 17.2. The van der Waals surface area contributed by atoms with Gasteiger partial charge in [0.15, 0.2) is 0 Å². The van der Waals surface area contributed by atoms with Gasteiger partial charge in [-0.3, -0.25) is 9.69 Å². The van der Waals surface area contributed by atoms with Crippen LogP contribution in [0.1, 0.15) is 24.3 Å². The van der Waals surface area contributed by atoms with Crippen molar-refractivity contribution in [2.75, 3.05) is 44.7 Å². The number of nitrogens with zero attached hydrogens (tertiary/aromatic N) is 2. The zero-order valence-electron chi connectivity index (χ0n) is 12.8. The molecule has 2 N–H and O–H groups in total. The van der Waals surface area contributed by atoms with Crippen LogP contribution in [0, 0.1) is 0 Å². The van der Waals surface area contributed by atoms with E-state index >= 15 is 0 Å². The summed E-state index contributed by atoms with van der Waals surface area (Å²) in [6.45, 7) is 9.02. The Morgan fingerprint density at radius 3 is 2.90 bits per heavy atom. The van der Waals surface area contributed by atoms with Crippen LogP contribution >= 0.6 is 0 Å². The lowest BCUT2D eigenvalue weighted by Gasteiger charge is -2.29. The van der Waals surface area contributed by atoms with Crippen molar-refractivity contribution in [3.05, 3.63) is 23.9 Å². The van der Waals surface area contributed by atoms with Gasteiger partial charge in [0.1, 0.15) is 11.5 Å². The highest BCUT2D eigenvalue weighted by molar-refractivity contribution is 5.92. The first-order chi connectivity index (χ1) is 10.2. The van der Waals surface area contributed by atoms with Crippen molar-refractivity contribution in [3.63, 3.8) is 0 Å². The van der Waals surface area contributed by atoms with Crippen LogP contribution in [-0.2, 0) is 4.74 Å². The number of aromatic nitrogens is 1. The predicted molar refractivity (Wildman–Crippen MR) is 82.6 cm³/mol. The molecule has 0 aliphatic carbocycles. The lowest BCUT2D eigenvalue weighted by molar-refractivity contribution is 0.0342. The number of carbonyl (C=O) groups is 1. The van der Waals surface area contributed by atoms with Crippen LogP contribution in [-0.4, -0.2) is 61.2 Å². The van der Waals surface area contributed by atoms with Crippen molar-refractivity contribution in [1.82, 2.24) is 15.2 Å². The largest absolute Gasteiger partial charge is 0.379 e. The van der Waals surface area contributed by atoms with Crippen LogP contribution in [0.3, 0.4) is 0 Å². The van der Waals surface area contributed by atoms with Crippen molar-refractivity contribution >= 4 is 11.7 Å². The molecule has 2 rings (SSSR count). The number of hydrogen-bond donors (Lipinski definition) is 2. The number of morpholine rings is 1. The molecule has 0 radical (unpaired) electrons. The molecule has 1 aliphatic heterocycles. The second-order valence-corrected chi connectivity index (χ2v) is 5.23. The van der Waals surface area contributed by atoms with Crippen LogP contribution in [0.15, 0.2) is 18.2 Å². The summed E-state index contributed by atoms with van der Waals surface area (Å²) in [5.74, 6) is 0.599. The molecular weight excluding hydrogens is 268 g/mol. The van der Waals surface area contributed by atoms with E-state index in [0.717, 1.165) is 45.2 Å². The second kappa shape index (κ2) is 7.95. The fourth-order valence-corrected chi connectivity index (χ4v) is 2.36. The molecule has 1 atom stereocenters. The monoisotopic (exact) mass is 292 g/mol. The summed E-state index contributed by atoms with van der Waals surface area (Å²) in [5, 5.41) is 6.11. The molecule has 1 aromatic rings. The number of amides is 1. The number of ether oxygens (including phenoxy) is 1. The molecule has 2 heterocycles. The lowest BCUT2D eigenvalue weighted by Crippen LogP contribution is -2.46. The van der Waals surface area contributed by atoms with Crippen molar-refractivity contribution < 1.29 is 9.53 Å². The third kappa shape index (κ3) is 4.99. The highest BCUT2D eigenvalue weighted by atomic mass is 16.5. The number of pyridine rings is 1. The summed E-state index contributed by atoms with van der Waals surface area (Å²) in [4.78, 5) is 18.8. The maximum absolute atomic E-state index is 12.2. The van der Waals surface area contributed by atoms with Crippen LogP contribution in [0.4, 0.5) is 5.82 Å².